The fraction of sp³-hybridized carbons (Fsp3) is 0.462. The van der Waals surface area contributed by atoms with Crippen molar-refractivity contribution in [1.29, 1.82) is 0 Å². The molecular formula is C13H16O2. The highest BCUT2D eigenvalue weighted by Crippen LogP contribution is 2.24. The second-order valence-electron chi connectivity index (χ2n) is 4.39. The van der Waals surface area contributed by atoms with Crippen LogP contribution in [0.3, 0.4) is 0 Å². The van der Waals surface area contributed by atoms with E-state index in [0.717, 1.165) is 12.8 Å². The summed E-state index contributed by atoms with van der Waals surface area (Å²) in [6, 6.07) is 8.29. The van der Waals surface area contributed by atoms with Gasteiger partial charge in [-0.05, 0) is 11.1 Å². The lowest BCUT2D eigenvalue weighted by molar-refractivity contribution is -0.152. The van der Waals surface area contributed by atoms with Gasteiger partial charge in [0.2, 0.25) is 0 Å². The van der Waals surface area contributed by atoms with Crippen molar-refractivity contribution in [1.82, 2.24) is 0 Å². The summed E-state index contributed by atoms with van der Waals surface area (Å²) in [4.78, 5) is 11.4. The number of hydrogen-bond acceptors (Lipinski definition) is 2. The lowest BCUT2D eigenvalue weighted by Crippen LogP contribution is -2.21. The number of carbonyl (C=O) groups is 1. The zero-order chi connectivity index (χ0) is 10.8. The minimum absolute atomic E-state index is 0.0336. The van der Waals surface area contributed by atoms with Crippen LogP contribution in [0.25, 0.3) is 0 Å². The Morgan fingerprint density at radius 3 is 2.27 bits per heavy atom. The highest BCUT2D eigenvalue weighted by Gasteiger charge is 2.24. The van der Waals surface area contributed by atoms with Crippen molar-refractivity contribution in [2.75, 3.05) is 0 Å². The average molecular weight is 204 g/mol. The zero-order valence-corrected chi connectivity index (χ0v) is 9.19. The van der Waals surface area contributed by atoms with Crippen LogP contribution < -0.4 is 0 Å². The number of benzene rings is 1. The van der Waals surface area contributed by atoms with E-state index in [1.54, 1.807) is 0 Å². The van der Waals surface area contributed by atoms with E-state index in [1.807, 2.05) is 26.0 Å². The van der Waals surface area contributed by atoms with Crippen LogP contribution in [0.4, 0.5) is 0 Å². The van der Waals surface area contributed by atoms with Crippen LogP contribution in [-0.2, 0) is 22.4 Å². The predicted octanol–water partition coefficient (Wildman–Crippen LogP) is 2.35. The summed E-state index contributed by atoms with van der Waals surface area (Å²) < 4.78 is 5.42. The molecule has 0 amide bonds. The highest BCUT2D eigenvalue weighted by atomic mass is 16.5. The van der Waals surface area contributed by atoms with Gasteiger partial charge in [0.15, 0.2) is 0 Å². The van der Waals surface area contributed by atoms with Crippen molar-refractivity contribution < 1.29 is 9.53 Å². The number of hydrogen-bond donors (Lipinski definition) is 0. The fourth-order valence-corrected chi connectivity index (χ4v) is 1.90. The molecule has 1 aliphatic rings. The van der Waals surface area contributed by atoms with Gasteiger partial charge in [-0.15, -0.1) is 0 Å². The van der Waals surface area contributed by atoms with E-state index in [2.05, 4.69) is 12.1 Å². The van der Waals surface area contributed by atoms with Gasteiger partial charge in [0.25, 0.3) is 0 Å². The van der Waals surface area contributed by atoms with Crippen LogP contribution in [0.1, 0.15) is 25.0 Å². The Labute approximate surface area is 90.3 Å². The molecule has 0 spiro atoms. The summed E-state index contributed by atoms with van der Waals surface area (Å²) in [7, 11) is 0. The molecule has 0 saturated heterocycles. The van der Waals surface area contributed by atoms with Crippen molar-refractivity contribution in [3.05, 3.63) is 35.4 Å². The number of rotatable bonds is 2. The van der Waals surface area contributed by atoms with Crippen molar-refractivity contribution in [2.24, 2.45) is 5.92 Å². The first-order valence-electron chi connectivity index (χ1n) is 5.44. The summed E-state index contributed by atoms with van der Waals surface area (Å²) in [5.74, 6) is -0.124. The maximum Gasteiger partial charge on any atom is 0.308 e. The Hall–Kier alpha value is -1.31. The van der Waals surface area contributed by atoms with Gasteiger partial charge in [0, 0.05) is 12.8 Å². The lowest BCUT2D eigenvalue weighted by atomic mass is 10.1. The number of ether oxygens (including phenoxy) is 1. The van der Waals surface area contributed by atoms with Gasteiger partial charge < -0.3 is 4.74 Å². The molecule has 80 valence electrons. The van der Waals surface area contributed by atoms with Crippen LogP contribution >= 0.6 is 0 Å². The maximum absolute atomic E-state index is 11.4. The van der Waals surface area contributed by atoms with Gasteiger partial charge >= 0.3 is 5.97 Å². The Bertz CT molecular complexity index is 344. The van der Waals surface area contributed by atoms with Crippen LogP contribution in [0.5, 0.6) is 0 Å². The fourth-order valence-electron chi connectivity index (χ4n) is 1.90. The van der Waals surface area contributed by atoms with Gasteiger partial charge in [-0.25, -0.2) is 0 Å². The van der Waals surface area contributed by atoms with E-state index in [4.69, 9.17) is 4.74 Å². The van der Waals surface area contributed by atoms with Gasteiger partial charge in [-0.1, -0.05) is 38.1 Å². The van der Waals surface area contributed by atoms with Gasteiger partial charge in [0.05, 0.1) is 5.92 Å². The van der Waals surface area contributed by atoms with Crippen molar-refractivity contribution in [2.45, 2.75) is 32.8 Å². The van der Waals surface area contributed by atoms with E-state index in [1.165, 1.54) is 11.1 Å². The molecule has 2 heteroatoms. The van der Waals surface area contributed by atoms with E-state index in [-0.39, 0.29) is 18.0 Å². The summed E-state index contributed by atoms with van der Waals surface area (Å²) in [5.41, 5.74) is 2.64. The molecule has 0 saturated carbocycles. The molecule has 0 fully saturated rings. The second-order valence-corrected chi connectivity index (χ2v) is 4.39. The smallest absolute Gasteiger partial charge is 0.308 e. The van der Waals surface area contributed by atoms with E-state index in [9.17, 15) is 4.79 Å². The monoisotopic (exact) mass is 204 g/mol. The third-order valence-corrected chi connectivity index (χ3v) is 2.77. The van der Waals surface area contributed by atoms with Crippen molar-refractivity contribution in [3.63, 3.8) is 0 Å². The molecule has 0 heterocycles. The molecular weight excluding hydrogens is 188 g/mol. The van der Waals surface area contributed by atoms with Crippen LogP contribution in [0.2, 0.25) is 0 Å². The third-order valence-electron chi connectivity index (χ3n) is 2.77. The highest BCUT2D eigenvalue weighted by molar-refractivity contribution is 5.71. The van der Waals surface area contributed by atoms with Crippen molar-refractivity contribution in [3.8, 4) is 0 Å². The van der Waals surface area contributed by atoms with E-state index < -0.39 is 0 Å². The lowest BCUT2D eigenvalue weighted by Gasteiger charge is -2.12. The maximum atomic E-state index is 11.4. The molecule has 1 aromatic carbocycles. The first-order chi connectivity index (χ1) is 7.16. The van der Waals surface area contributed by atoms with Gasteiger partial charge in [-0.2, -0.15) is 0 Å². The first kappa shape index (κ1) is 10.2. The minimum Gasteiger partial charge on any atom is -0.461 e. The van der Waals surface area contributed by atoms with Gasteiger partial charge in [-0.3, -0.25) is 4.79 Å². The molecule has 0 atom stereocenters. The van der Waals surface area contributed by atoms with Crippen molar-refractivity contribution >= 4 is 5.97 Å². The predicted molar refractivity (Wildman–Crippen MR) is 58.6 cm³/mol. The molecule has 0 unspecified atom stereocenters. The van der Waals surface area contributed by atoms with Gasteiger partial charge in [0.1, 0.15) is 6.10 Å². The molecule has 0 radical (unpaired) electrons. The molecule has 0 aromatic heterocycles. The summed E-state index contributed by atoms with van der Waals surface area (Å²) in [5, 5.41) is 0. The molecule has 1 aliphatic carbocycles. The normalized spacial score (nSPS) is 15.4. The largest absolute Gasteiger partial charge is 0.461 e. The molecule has 0 N–H and O–H groups in total. The quantitative estimate of drug-likeness (QED) is 0.691. The van der Waals surface area contributed by atoms with Crippen LogP contribution in [0.15, 0.2) is 24.3 Å². The molecule has 0 aliphatic heterocycles. The Kier molecular flexibility index (Phi) is 2.76. The second kappa shape index (κ2) is 4.05. The molecule has 0 bridgehead atoms. The zero-order valence-electron chi connectivity index (χ0n) is 9.19. The molecule has 2 nitrogen and oxygen atoms in total. The molecule has 1 aromatic rings. The number of fused-ring (bicyclic) bond motifs is 1. The van der Waals surface area contributed by atoms with E-state index >= 15 is 0 Å². The SMILES string of the molecule is CC(C)C(=O)OC1Cc2ccccc2C1. The topological polar surface area (TPSA) is 26.3 Å². The van der Waals surface area contributed by atoms with Crippen LogP contribution in [-0.4, -0.2) is 12.1 Å². The summed E-state index contributed by atoms with van der Waals surface area (Å²) >= 11 is 0. The molecule has 2 rings (SSSR count). The average Bonchev–Trinajstić information content (AvgIpc) is 2.59. The van der Waals surface area contributed by atoms with E-state index in [0.29, 0.717) is 0 Å². The van der Waals surface area contributed by atoms with Crippen LogP contribution in [0, 0.1) is 5.92 Å². The Morgan fingerprint density at radius 2 is 1.80 bits per heavy atom. The summed E-state index contributed by atoms with van der Waals surface area (Å²) in [6.07, 6.45) is 1.79. The Balaban J connectivity index is 1.99. The summed E-state index contributed by atoms with van der Waals surface area (Å²) in [6.45, 7) is 3.73. The number of carbonyl (C=O) groups excluding carboxylic acids is 1. The first-order valence-corrected chi connectivity index (χ1v) is 5.44. The Morgan fingerprint density at radius 1 is 1.27 bits per heavy atom. The molecule has 15 heavy (non-hydrogen) atoms. The number of esters is 1. The third kappa shape index (κ3) is 2.20. The standard InChI is InChI=1S/C13H16O2/c1-9(2)13(14)15-12-7-10-5-3-4-6-11(10)8-12/h3-6,9,12H,7-8H2,1-2H3. The minimum atomic E-state index is -0.0900.